The van der Waals surface area contributed by atoms with Gasteiger partial charge < -0.3 is 4.74 Å². The van der Waals surface area contributed by atoms with Crippen LogP contribution in [0, 0.1) is 0 Å². The van der Waals surface area contributed by atoms with E-state index in [2.05, 4.69) is 10.5 Å². The summed E-state index contributed by atoms with van der Waals surface area (Å²) >= 11 is 0. The van der Waals surface area contributed by atoms with Gasteiger partial charge in [0.1, 0.15) is 5.75 Å². The number of nitrogens with one attached hydrogen (secondary N) is 1. The second-order valence-corrected chi connectivity index (χ2v) is 3.78. The number of carbonyl (C=O) groups excluding carboxylic acids is 1. The fourth-order valence-corrected chi connectivity index (χ4v) is 1.47. The second-order valence-electron chi connectivity index (χ2n) is 3.78. The molecule has 0 aliphatic carbocycles. The lowest BCUT2D eigenvalue weighted by atomic mass is 10.2. The summed E-state index contributed by atoms with van der Waals surface area (Å²) in [6.45, 7) is 6.58. The highest BCUT2D eigenvalue weighted by molar-refractivity contribution is 5.95. The predicted octanol–water partition coefficient (Wildman–Crippen LogP) is 2.99. The first kappa shape index (κ1) is 14.2. The van der Waals surface area contributed by atoms with E-state index in [0.29, 0.717) is 12.2 Å². The molecule has 0 unspecified atom stereocenters. The van der Waals surface area contributed by atoms with E-state index in [0.717, 1.165) is 24.3 Å². The number of ether oxygens (including phenoxy) is 1. The summed E-state index contributed by atoms with van der Waals surface area (Å²) in [4.78, 5) is 11.8. The van der Waals surface area contributed by atoms with Crippen molar-refractivity contribution < 1.29 is 9.53 Å². The molecule has 0 atom stereocenters. The molecule has 1 aromatic rings. The van der Waals surface area contributed by atoms with Crippen molar-refractivity contribution >= 4 is 11.6 Å². The number of amides is 1. The zero-order chi connectivity index (χ0) is 13.4. The number of hydrogen-bond donors (Lipinski definition) is 1. The van der Waals surface area contributed by atoms with Crippen molar-refractivity contribution in [2.24, 2.45) is 5.10 Å². The van der Waals surface area contributed by atoms with Crippen molar-refractivity contribution in [3.8, 4) is 5.75 Å². The van der Waals surface area contributed by atoms with Crippen LogP contribution in [0.1, 0.15) is 44.0 Å². The average Bonchev–Trinajstić information content (AvgIpc) is 2.41. The molecule has 1 amide bonds. The van der Waals surface area contributed by atoms with Gasteiger partial charge >= 0.3 is 0 Å². The van der Waals surface area contributed by atoms with Crippen LogP contribution in [-0.4, -0.2) is 18.2 Å². The van der Waals surface area contributed by atoms with Gasteiger partial charge in [-0.25, -0.2) is 5.43 Å². The van der Waals surface area contributed by atoms with Crippen LogP contribution in [0.3, 0.4) is 0 Å². The van der Waals surface area contributed by atoms with Crippen molar-refractivity contribution in [3.05, 3.63) is 29.8 Å². The first-order chi connectivity index (χ1) is 8.71. The van der Waals surface area contributed by atoms with E-state index < -0.39 is 0 Å². The molecule has 1 N–H and O–H groups in total. The van der Waals surface area contributed by atoms with E-state index in [9.17, 15) is 4.79 Å². The van der Waals surface area contributed by atoms with E-state index in [1.165, 1.54) is 0 Å². The molecule has 98 valence electrons. The van der Waals surface area contributed by atoms with Crippen LogP contribution in [0.15, 0.2) is 29.4 Å². The van der Waals surface area contributed by atoms with Crippen molar-refractivity contribution in [1.29, 1.82) is 0 Å². The van der Waals surface area contributed by atoms with Crippen molar-refractivity contribution in [2.75, 3.05) is 6.61 Å². The minimum absolute atomic E-state index is 0.197. The van der Waals surface area contributed by atoms with E-state index in [1.54, 1.807) is 24.3 Å². The molecule has 0 spiro atoms. The van der Waals surface area contributed by atoms with Crippen LogP contribution < -0.4 is 10.2 Å². The fraction of sp³-hybridized carbons (Fsp3) is 0.429. The van der Waals surface area contributed by atoms with Gasteiger partial charge in [0, 0.05) is 11.3 Å². The molecular formula is C14H20N2O2. The molecule has 0 fully saturated rings. The van der Waals surface area contributed by atoms with Gasteiger partial charge in [0.25, 0.3) is 5.91 Å². The van der Waals surface area contributed by atoms with Gasteiger partial charge in [0.05, 0.1) is 6.61 Å². The molecule has 4 nitrogen and oxygen atoms in total. The van der Waals surface area contributed by atoms with Crippen molar-refractivity contribution in [1.82, 2.24) is 5.43 Å². The van der Waals surface area contributed by atoms with Gasteiger partial charge in [0.15, 0.2) is 0 Å². The van der Waals surface area contributed by atoms with Crippen LogP contribution >= 0.6 is 0 Å². The van der Waals surface area contributed by atoms with Gasteiger partial charge in [0.2, 0.25) is 0 Å². The summed E-state index contributed by atoms with van der Waals surface area (Å²) < 4.78 is 5.31. The molecule has 1 aromatic carbocycles. The Kier molecular flexibility index (Phi) is 5.91. The molecule has 0 aliphatic heterocycles. The Balaban J connectivity index is 2.64. The molecule has 1 rings (SSSR count). The Morgan fingerprint density at radius 1 is 1.17 bits per heavy atom. The van der Waals surface area contributed by atoms with Crippen LogP contribution in [-0.2, 0) is 0 Å². The largest absolute Gasteiger partial charge is 0.494 e. The maximum atomic E-state index is 11.8. The molecule has 0 radical (unpaired) electrons. The van der Waals surface area contributed by atoms with Crippen molar-refractivity contribution in [3.63, 3.8) is 0 Å². The molecule has 0 saturated heterocycles. The van der Waals surface area contributed by atoms with Crippen LogP contribution in [0.4, 0.5) is 0 Å². The molecular weight excluding hydrogens is 228 g/mol. The van der Waals surface area contributed by atoms with Gasteiger partial charge in [-0.05, 0) is 44.0 Å². The zero-order valence-corrected chi connectivity index (χ0v) is 11.2. The SMILES string of the molecule is CCOc1ccc(C(=O)NN=C(CC)CC)cc1. The maximum absolute atomic E-state index is 11.8. The lowest BCUT2D eigenvalue weighted by Crippen LogP contribution is -2.19. The van der Waals surface area contributed by atoms with E-state index in [-0.39, 0.29) is 5.91 Å². The Morgan fingerprint density at radius 3 is 2.28 bits per heavy atom. The Bertz CT molecular complexity index is 404. The quantitative estimate of drug-likeness (QED) is 0.621. The van der Waals surface area contributed by atoms with Gasteiger partial charge in [-0.3, -0.25) is 4.79 Å². The second kappa shape index (κ2) is 7.48. The predicted molar refractivity (Wildman–Crippen MR) is 73.1 cm³/mol. The fourth-order valence-electron chi connectivity index (χ4n) is 1.47. The third-order valence-electron chi connectivity index (χ3n) is 2.56. The molecule has 0 bridgehead atoms. The number of rotatable bonds is 6. The minimum Gasteiger partial charge on any atom is -0.494 e. The number of hydrazone groups is 1. The normalized spacial score (nSPS) is 9.72. The highest BCUT2D eigenvalue weighted by Gasteiger charge is 2.04. The lowest BCUT2D eigenvalue weighted by Gasteiger charge is -2.05. The number of hydrogen-bond acceptors (Lipinski definition) is 3. The summed E-state index contributed by atoms with van der Waals surface area (Å²) in [6, 6.07) is 7.02. The van der Waals surface area contributed by atoms with Crippen LogP contribution in [0.2, 0.25) is 0 Å². The van der Waals surface area contributed by atoms with E-state index in [1.807, 2.05) is 20.8 Å². The third-order valence-corrected chi connectivity index (χ3v) is 2.56. The Morgan fingerprint density at radius 2 is 1.78 bits per heavy atom. The Hall–Kier alpha value is -1.84. The standard InChI is InChI=1S/C14H20N2O2/c1-4-12(5-2)15-16-14(17)11-7-9-13(10-8-11)18-6-3/h7-10H,4-6H2,1-3H3,(H,16,17). The van der Waals surface area contributed by atoms with Crippen LogP contribution in [0.25, 0.3) is 0 Å². The summed E-state index contributed by atoms with van der Waals surface area (Å²) in [6.07, 6.45) is 1.69. The maximum Gasteiger partial charge on any atom is 0.271 e. The van der Waals surface area contributed by atoms with Crippen LogP contribution in [0.5, 0.6) is 5.75 Å². The number of nitrogens with zero attached hydrogens (tertiary/aromatic N) is 1. The highest BCUT2D eigenvalue weighted by atomic mass is 16.5. The molecule has 0 aromatic heterocycles. The number of carbonyl (C=O) groups is 1. The van der Waals surface area contributed by atoms with Gasteiger partial charge in [-0.1, -0.05) is 13.8 Å². The molecule has 0 heterocycles. The first-order valence-electron chi connectivity index (χ1n) is 6.29. The van der Waals surface area contributed by atoms with Gasteiger partial charge in [-0.2, -0.15) is 5.10 Å². The van der Waals surface area contributed by atoms with Gasteiger partial charge in [-0.15, -0.1) is 0 Å². The molecule has 0 saturated carbocycles. The summed E-state index contributed by atoms with van der Waals surface area (Å²) in [5, 5.41) is 4.08. The van der Waals surface area contributed by atoms with Crippen molar-refractivity contribution in [2.45, 2.75) is 33.6 Å². The third kappa shape index (κ3) is 4.20. The molecule has 4 heteroatoms. The summed E-state index contributed by atoms with van der Waals surface area (Å²) in [5.41, 5.74) is 4.12. The van der Waals surface area contributed by atoms with E-state index >= 15 is 0 Å². The summed E-state index contributed by atoms with van der Waals surface area (Å²) in [5.74, 6) is 0.567. The highest BCUT2D eigenvalue weighted by Crippen LogP contribution is 2.11. The average molecular weight is 248 g/mol. The summed E-state index contributed by atoms with van der Waals surface area (Å²) in [7, 11) is 0. The Labute approximate surface area is 108 Å². The first-order valence-corrected chi connectivity index (χ1v) is 6.29. The lowest BCUT2D eigenvalue weighted by molar-refractivity contribution is 0.0954. The van der Waals surface area contributed by atoms with E-state index in [4.69, 9.17) is 4.74 Å². The number of benzene rings is 1. The monoisotopic (exact) mass is 248 g/mol. The molecule has 18 heavy (non-hydrogen) atoms. The zero-order valence-electron chi connectivity index (χ0n) is 11.2. The molecule has 0 aliphatic rings. The minimum atomic E-state index is -0.197. The topological polar surface area (TPSA) is 50.7 Å². The smallest absolute Gasteiger partial charge is 0.271 e.